The van der Waals surface area contributed by atoms with Crippen LogP contribution in [0.15, 0.2) is 78.9 Å². The first-order chi connectivity index (χ1) is 14.2. The third-order valence-corrected chi connectivity index (χ3v) is 10.7. The topological polar surface area (TPSA) is 35.2 Å². The Morgan fingerprint density at radius 3 is 1.73 bits per heavy atom. The van der Waals surface area contributed by atoms with Gasteiger partial charge < -0.3 is 10.2 Å². The van der Waals surface area contributed by atoms with Crippen LogP contribution < -0.4 is 16.1 Å². The zero-order valence-corrected chi connectivity index (χ0v) is 18.9. The van der Waals surface area contributed by atoms with Crippen molar-refractivity contribution in [2.45, 2.75) is 44.9 Å². The molecule has 0 unspecified atom stereocenters. The molecule has 30 heavy (non-hydrogen) atoms. The summed E-state index contributed by atoms with van der Waals surface area (Å²) in [6.07, 6.45) is -0.416. The van der Waals surface area contributed by atoms with Crippen molar-refractivity contribution < 1.29 is 13.2 Å². The lowest BCUT2D eigenvalue weighted by molar-refractivity contribution is 0.176. The molecule has 0 aromatic heterocycles. The number of halogens is 2. The van der Waals surface area contributed by atoms with Crippen LogP contribution in [0.5, 0.6) is 0 Å². The van der Waals surface area contributed by atoms with Crippen molar-refractivity contribution in [3.8, 4) is 0 Å². The fourth-order valence-corrected chi connectivity index (χ4v) is 8.75. The van der Waals surface area contributed by atoms with Crippen LogP contribution in [0.1, 0.15) is 39.3 Å². The maximum absolute atomic E-state index is 13.8. The van der Waals surface area contributed by atoms with Crippen molar-refractivity contribution in [3.63, 3.8) is 0 Å². The predicted octanol–water partition coefficient (Wildman–Crippen LogP) is 4.93. The summed E-state index contributed by atoms with van der Waals surface area (Å²) in [6.45, 7) is 8.48. The Labute approximate surface area is 178 Å². The van der Waals surface area contributed by atoms with E-state index in [1.165, 1.54) is 6.07 Å². The monoisotopic (exact) mass is 425 g/mol. The van der Waals surface area contributed by atoms with Crippen LogP contribution in [0.4, 0.5) is 8.78 Å². The standard InChI is InChI=1S/C25H29F2NOSi/c1-18(24(28)19-15-16-22(26)23(27)17-19)29-30(25(2,3)4,20-11-7-5-8-12-20)21-13-9-6-10-14-21/h5-18,24H,28H2,1-4H3/t18-,24+/m1/s1. The van der Waals surface area contributed by atoms with Gasteiger partial charge in [-0.05, 0) is 40.0 Å². The maximum atomic E-state index is 13.8. The molecule has 0 amide bonds. The van der Waals surface area contributed by atoms with Crippen LogP contribution >= 0.6 is 0 Å². The molecule has 0 saturated heterocycles. The molecule has 0 aliphatic rings. The van der Waals surface area contributed by atoms with Gasteiger partial charge in [-0.2, -0.15) is 0 Å². The molecule has 0 spiro atoms. The third kappa shape index (κ3) is 4.24. The number of hydrogen-bond acceptors (Lipinski definition) is 2. The minimum Gasteiger partial charge on any atom is -0.403 e. The van der Waals surface area contributed by atoms with Crippen molar-refractivity contribution >= 4 is 18.7 Å². The Kier molecular flexibility index (Phi) is 6.55. The summed E-state index contributed by atoms with van der Waals surface area (Å²) in [4.78, 5) is 0. The Morgan fingerprint density at radius 2 is 1.30 bits per heavy atom. The van der Waals surface area contributed by atoms with Crippen molar-refractivity contribution in [2.75, 3.05) is 0 Å². The molecule has 0 aliphatic carbocycles. The van der Waals surface area contributed by atoms with Gasteiger partial charge in [0, 0.05) is 0 Å². The first-order valence-electron chi connectivity index (χ1n) is 10.2. The van der Waals surface area contributed by atoms with Crippen molar-refractivity contribution in [1.82, 2.24) is 0 Å². The van der Waals surface area contributed by atoms with Gasteiger partial charge >= 0.3 is 0 Å². The average Bonchev–Trinajstić information content (AvgIpc) is 2.73. The molecular formula is C25H29F2NOSi. The summed E-state index contributed by atoms with van der Waals surface area (Å²) in [6, 6.07) is 23.7. The van der Waals surface area contributed by atoms with E-state index in [4.69, 9.17) is 10.2 Å². The van der Waals surface area contributed by atoms with Gasteiger partial charge in [-0.1, -0.05) is 87.5 Å². The molecule has 2 N–H and O–H groups in total. The molecule has 0 saturated carbocycles. The van der Waals surface area contributed by atoms with Crippen molar-refractivity contribution in [1.29, 1.82) is 0 Å². The number of rotatable bonds is 6. The highest BCUT2D eigenvalue weighted by atomic mass is 28.4. The van der Waals surface area contributed by atoms with Gasteiger partial charge in [0.15, 0.2) is 11.6 Å². The fourth-order valence-electron chi connectivity index (χ4n) is 4.03. The van der Waals surface area contributed by atoms with E-state index in [1.807, 2.05) is 43.3 Å². The van der Waals surface area contributed by atoms with Crippen LogP contribution in [0.2, 0.25) is 5.04 Å². The van der Waals surface area contributed by atoms with Crippen LogP contribution in [-0.2, 0) is 4.43 Å². The lowest BCUT2D eigenvalue weighted by atomic mass is 10.0. The van der Waals surface area contributed by atoms with Gasteiger partial charge in [-0.3, -0.25) is 0 Å². The summed E-state index contributed by atoms with van der Waals surface area (Å²) in [5, 5.41) is 2.10. The zero-order valence-electron chi connectivity index (χ0n) is 17.9. The molecule has 0 heterocycles. The van der Waals surface area contributed by atoms with E-state index in [-0.39, 0.29) is 5.04 Å². The molecule has 0 aliphatic heterocycles. The van der Waals surface area contributed by atoms with E-state index in [0.29, 0.717) is 5.56 Å². The Bertz CT molecular complexity index is 934. The molecule has 0 radical (unpaired) electrons. The minimum atomic E-state index is -2.78. The van der Waals surface area contributed by atoms with E-state index < -0.39 is 32.1 Å². The Hall–Kier alpha value is -2.34. The largest absolute Gasteiger partial charge is 0.403 e. The van der Waals surface area contributed by atoms with Gasteiger partial charge in [0.2, 0.25) is 0 Å². The predicted molar refractivity (Wildman–Crippen MR) is 121 cm³/mol. The molecule has 2 atom stereocenters. The van der Waals surface area contributed by atoms with Gasteiger partial charge in [-0.25, -0.2) is 8.78 Å². The van der Waals surface area contributed by atoms with Gasteiger partial charge in [0.25, 0.3) is 8.32 Å². The molecule has 3 rings (SSSR count). The highest BCUT2D eigenvalue weighted by molar-refractivity contribution is 6.99. The van der Waals surface area contributed by atoms with Gasteiger partial charge in [0.05, 0.1) is 12.1 Å². The highest BCUT2D eigenvalue weighted by Gasteiger charge is 2.51. The molecule has 0 fully saturated rings. The molecule has 3 aromatic rings. The van der Waals surface area contributed by atoms with Crippen LogP contribution in [0.25, 0.3) is 0 Å². The van der Waals surface area contributed by atoms with E-state index in [9.17, 15) is 8.78 Å². The Balaban J connectivity index is 2.09. The van der Waals surface area contributed by atoms with E-state index >= 15 is 0 Å². The summed E-state index contributed by atoms with van der Waals surface area (Å²) in [7, 11) is -2.78. The maximum Gasteiger partial charge on any atom is 0.261 e. The minimum absolute atomic E-state index is 0.197. The lowest BCUT2D eigenvalue weighted by Crippen LogP contribution is -2.68. The van der Waals surface area contributed by atoms with Crippen LogP contribution in [0.3, 0.4) is 0 Å². The van der Waals surface area contributed by atoms with Gasteiger partial charge in [0.1, 0.15) is 0 Å². The normalized spacial score (nSPS) is 14.4. The SMILES string of the molecule is C[C@@H](O[Si](c1ccccc1)(c1ccccc1)C(C)(C)C)[C@H](N)c1ccc(F)c(F)c1. The Morgan fingerprint density at radius 1 is 0.800 bits per heavy atom. The summed E-state index contributed by atoms with van der Waals surface area (Å²) < 4.78 is 34.1. The molecule has 2 nitrogen and oxygen atoms in total. The first kappa shape index (κ1) is 22.3. The van der Waals surface area contributed by atoms with Crippen molar-refractivity contribution in [3.05, 3.63) is 96.1 Å². The number of hydrogen-bond donors (Lipinski definition) is 1. The molecule has 0 bridgehead atoms. The summed E-state index contributed by atoms with van der Waals surface area (Å²) in [5.74, 6) is -1.79. The number of benzene rings is 3. The van der Waals surface area contributed by atoms with E-state index in [0.717, 1.165) is 22.5 Å². The second-order valence-corrected chi connectivity index (χ2v) is 12.9. The zero-order chi connectivity index (χ0) is 21.9. The molecule has 3 aromatic carbocycles. The lowest BCUT2D eigenvalue weighted by Gasteiger charge is -2.45. The molecular weight excluding hydrogens is 396 g/mol. The van der Waals surface area contributed by atoms with Crippen LogP contribution in [-0.4, -0.2) is 14.4 Å². The smallest absolute Gasteiger partial charge is 0.261 e. The van der Waals surface area contributed by atoms with Crippen LogP contribution in [0, 0.1) is 11.6 Å². The first-order valence-corrected chi connectivity index (χ1v) is 12.1. The highest BCUT2D eigenvalue weighted by Crippen LogP contribution is 2.38. The molecule has 158 valence electrons. The average molecular weight is 426 g/mol. The summed E-state index contributed by atoms with van der Waals surface area (Å²) >= 11 is 0. The third-order valence-electron chi connectivity index (χ3n) is 5.61. The second kappa shape index (κ2) is 8.80. The quantitative estimate of drug-likeness (QED) is 0.569. The number of nitrogens with two attached hydrogens (primary N) is 1. The second-order valence-electron chi connectivity index (χ2n) is 8.69. The molecule has 5 heteroatoms. The summed E-state index contributed by atoms with van der Waals surface area (Å²) in [5.41, 5.74) is 6.99. The van der Waals surface area contributed by atoms with E-state index in [1.54, 1.807) is 0 Å². The fraction of sp³-hybridized carbons (Fsp3) is 0.280. The van der Waals surface area contributed by atoms with Gasteiger partial charge in [-0.15, -0.1) is 0 Å². The van der Waals surface area contributed by atoms with Crippen molar-refractivity contribution in [2.24, 2.45) is 5.73 Å². The van der Waals surface area contributed by atoms with E-state index in [2.05, 4.69) is 45.0 Å².